The van der Waals surface area contributed by atoms with Crippen molar-refractivity contribution in [2.45, 2.75) is 38.2 Å². The van der Waals surface area contributed by atoms with E-state index in [4.69, 9.17) is 21.1 Å². The molecule has 0 saturated carbocycles. The summed E-state index contributed by atoms with van der Waals surface area (Å²) in [5.74, 6) is -0.0985. The van der Waals surface area contributed by atoms with E-state index in [9.17, 15) is 5.11 Å². The lowest BCUT2D eigenvalue weighted by Crippen LogP contribution is -2.37. The van der Waals surface area contributed by atoms with Crippen molar-refractivity contribution in [2.24, 2.45) is 0 Å². The van der Waals surface area contributed by atoms with Crippen LogP contribution in [-0.2, 0) is 16.4 Å². The average molecular weight is 320 g/mol. The predicted molar refractivity (Wildman–Crippen MR) is 83.8 cm³/mol. The third-order valence-electron chi connectivity index (χ3n) is 3.74. The molecule has 1 unspecified atom stereocenters. The van der Waals surface area contributed by atoms with Gasteiger partial charge in [0.1, 0.15) is 5.75 Å². The number of pyridine rings is 1. The Kier molecular flexibility index (Phi) is 3.63. The highest BCUT2D eigenvalue weighted by atomic mass is 35.5. The lowest BCUT2D eigenvalue weighted by molar-refractivity contribution is -0.181. The van der Waals surface area contributed by atoms with E-state index in [2.05, 4.69) is 4.98 Å². The molecule has 1 aromatic heterocycles. The van der Waals surface area contributed by atoms with Gasteiger partial charge in [0.2, 0.25) is 5.79 Å². The Morgan fingerprint density at radius 3 is 2.64 bits per heavy atom. The molecule has 2 aromatic rings. The van der Waals surface area contributed by atoms with Gasteiger partial charge in [-0.2, -0.15) is 0 Å². The number of fused-ring (bicyclic) bond motifs is 1. The molecule has 22 heavy (non-hydrogen) atoms. The molecule has 4 nitrogen and oxygen atoms in total. The summed E-state index contributed by atoms with van der Waals surface area (Å²) in [7, 11) is 0. The third-order valence-corrected chi connectivity index (χ3v) is 4.16. The van der Waals surface area contributed by atoms with E-state index in [0.29, 0.717) is 23.5 Å². The van der Waals surface area contributed by atoms with Crippen molar-refractivity contribution in [2.75, 3.05) is 0 Å². The lowest BCUT2D eigenvalue weighted by atomic mass is 9.96. The fraction of sp³-hybridized carbons (Fsp3) is 0.353. The Morgan fingerprint density at radius 2 is 1.95 bits per heavy atom. The number of nitrogens with zero attached hydrogens (tertiary/aromatic N) is 1. The number of halogens is 1. The van der Waals surface area contributed by atoms with Crippen LogP contribution in [0.4, 0.5) is 0 Å². The van der Waals surface area contributed by atoms with Crippen molar-refractivity contribution in [1.82, 2.24) is 4.98 Å². The Morgan fingerprint density at radius 1 is 1.27 bits per heavy atom. The van der Waals surface area contributed by atoms with Gasteiger partial charge in [0, 0.05) is 36.7 Å². The topological polar surface area (TPSA) is 51.6 Å². The van der Waals surface area contributed by atoms with Crippen LogP contribution in [0.15, 0.2) is 36.5 Å². The Hall–Kier alpha value is -1.62. The van der Waals surface area contributed by atoms with Crippen LogP contribution in [0.1, 0.15) is 36.2 Å². The van der Waals surface area contributed by atoms with Gasteiger partial charge in [0.05, 0.1) is 12.3 Å². The van der Waals surface area contributed by atoms with E-state index < -0.39 is 10.8 Å². The third kappa shape index (κ3) is 2.58. The number of alkyl halides is 1. The number of benzene rings is 1. The zero-order chi connectivity index (χ0) is 16.0. The summed E-state index contributed by atoms with van der Waals surface area (Å²) < 4.78 is 11.6. The van der Waals surface area contributed by atoms with Crippen LogP contribution in [0.2, 0.25) is 0 Å². The van der Waals surface area contributed by atoms with Crippen molar-refractivity contribution < 1.29 is 14.6 Å². The Labute approximate surface area is 134 Å². The Balaban J connectivity index is 2.14. The zero-order valence-electron chi connectivity index (χ0n) is 12.8. The van der Waals surface area contributed by atoms with E-state index in [1.807, 2.05) is 39.0 Å². The molecule has 0 saturated heterocycles. The maximum absolute atomic E-state index is 10.8. The molecule has 0 bridgehead atoms. The van der Waals surface area contributed by atoms with Crippen molar-refractivity contribution in [1.29, 1.82) is 0 Å². The van der Waals surface area contributed by atoms with Gasteiger partial charge in [-0.1, -0.05) is 41.9 Å². The Bertz CT molecular complexity index is 699. The normalized spacial score (nSPS) is 19.0. The second-order valence-electron chi connectivity index (χ2n) is 5.84. The van der Waals surface area contributed by atoms with E-state index in [1.54, 1.807) is 18.3 Å². The highest BCUT2D eigenvalue weighted by Crippen LogP contribution is 2.42. The summed E-state index contributed by atoms with van der Waals surface area (Å²) >= 11 is 6.45. The number of hydrogen-bond acceptors (Lipinski definition) is 4. The van der Waals surface area contributed by atoms with Crippen LogP contribution in [0.3, 0.4) is 0 Å². The maximum Gasteiger partial charge on any atom is 0.205 e. The molecule has 1 aliphatic rings. The van der Waals surface area contributed by atoms with E-state index in [-0.39, 0.29) is 0 Å². The number of aliphatic hydroxyl groups is 1. The van der Waals surface area contributed by atoms with Crippen molar-refractivity contribution >= 4 is 11.6 Å². The molecule has 5 heteroatoms. The number of rotatable bonds is 2. The number of hydrogen-bond donors (Lipinski definition) is 1. The molecule has 1 aromatic carbocycles. The highest BCUT2D eigenvalue weighted by Gasteiger charge is 2.37. The van der Waals surface area contributed by atoms with Gasteiger partial charge >= 0.3 is 0 Å². The zero-order valence-corrected chi connectivity index (χ0v) is 13.5. The second kappa shape index (κ2) is 5.23. The fourth-order valence-corrected chi connectivity index (χ4v) is 2.83. The maximum atomic E-state index is 10.8. The quantitative estimate of drug-likeness (QED) is 0.861. The SMILES string of the molecule is Cc1ncc(C(O)(Cl)c2ccccc2)c2c1OC(C)(C)OC2. The van der Waals surface area contributed by atoms with Crippen LogP contribution >= 0.6 is 11.6 Å². The minimum atomic E-state index is -1.68. The number of aryl methyl sites for hydroxylation is 1. The predicted octanol–water partition coefficient (Wildman–Crippen LogP) is 3.47. The summed E-state index contributed by atoms with van der Waals surface area (Å²) in [5, 5.41) is 9.17. The summed E-state index contributed by atoms with van der Waals surface area (Å²) in [6, 6.07) is 9.06. The van der Waals surface area contributed by atoms with Crippen molar-refractivity contribution in [3.05, 3.63) is 58.9 Å². The first-order valence-corrected chi connectivity index (χ1v) is 7.48. The molecule has 1 N–H and O–H groups in total. The summed E-state index contributed by atoms with van der Waals surface area (Å²) in [5.41, 5.74) is 2.54. The first-order chi connectivity index (χ1) is 10.3. The molecular weight excluding hydrogens is 302 g/mol. The smallest absolute Gasteiger partial charge is 0.205 e. The molecule has 1 aliphatic heterocycles. The lowest BCUT2D eigenvalue weighted by Gasteiger charge is -2.35. The van der Waals surface area contributed by atoms with Gasteiger partial charge in [-0.25, -0.2) is 0 Å². The molecule has 1 atom stereocenters. The average Bonchev–Trinajstić information content (AvgIpc) is 2.48. The largest absolute Gasteiger partial charge is 0.461 e. The molecule has 0 amide bonds. The van der Waals surface area contributed by atoms with Crippen molar-refractivity contribution in [3.8, 4) is 5.75 Å². The minimum absolute atomic E-state index is 0.308. The molecule has 0 spiro atoms. The monoisotopic (exact) mass is 319 g/mol. The highest BCUT2D eigenvalue weighted by molar-refractivity contribution is 6.24. The summed E-state index contributed by atoms with van der Waals surface area (Å²) in [6.45, 7) is 5.85. The van der Waals surface area contributed by atoms with Crippen molar-refractivity contribution in [3.63, 3.8) is 0 Å². The fourth-order valence-electron chi connectivity index (χ4n) is 2.54. The second-order valence-corrected chi connectivity index (χ2v) is 6.39. The van der Waals surface area contributed by atoms with Gasteiger partial charge in [0.15, 0.2) is 5.06 Å². The first-order valence-electron chi connectivity index (χ1n) is 7.10. The molecule has 2 heterocycles. The van der Waals surface area contributed by atoms with Gasteiger partial charge in [-0.3, -0.25) is 4.98 Å². The molecule has 0 radical (unpaired) electrons. The van der Waals surface area contributed by atoms with E-state index >= 15 is 0 Å². The van der Waals surface area contributed by atoms with Crippen LogP contribution in [0, 0.1) is 6.92 Å². The van der Waals surface area contributed by atoms with Gasteiger partial charge < -0.3 is 14.6 Å². The number of aromatic nitrogens is 1. The summed E-state index contributed by atoms with van der Waals surface area (Å²) in [4.78, 5) is 4.32. The van der Waals surface area contributed by atoms with E-state index in [1.165, 1.54) is 0 Å². The van der Waals surface area contributed by atoms with Gasteiger partial charge in [-0.15, -0.1) is 0 Å². The first kappa shape index (κ1) is 15.3. The van der Waals surface area contributed by atoms with Gasteiger partial charge in [0.25, 0.3) is 0 Å². The molecule has 0 fully saturated rings. The van der Waals surface area contributed by atoms with Crippen LogP contribution < -0.4 is 4.74 Å². The number of ether oxygens (including phenoxy) is 2. The molecule has 3 rings (SSSR count). The van der Waals surface area contributed by atoms with Crippen LogP contribution in [0.5, 0.6) is 5.75 Å². The molecule has 116 valence electrons. The minimum Gasteiger partial charge on any atom is -0.461 e. The van der Waals surface area contributed by atoms with Crippen LogP contribution in [0.25, 0.3) is 0 Å². The standard InChI is InChI=1S/C17H18ClNO3/c1-11-15-13(10-21-16(2,3)22-15)14(9-19-11)17(18,20)12-7-5-4-6-8-12/h4-9,20H,10H2,1-3H3. The van der Waals surface area contributed by atoms with E-state index in [0.717, 1.165) is 11.3 Å². The summed E-state index contributed by atoms with van der Waals surface area (Å²) in [6.07, 6.45) is 1.58. The van der Waals surface area contributed by atoms with Gasteiger partial charge in [-0.05, 0) is 6.92 Å². The van der Waals surface area contributed by atoms with Crippen LogP contribution in [-0.4, -0.2) is 15.9 Å². The molecular formula is C17H18ClNO3. The molecule has 0 aliphatic carbocycles.